The number of carbonyl (C=O) groups excluding carboxylic acids is 1. The van der Waals surface area contributed by atoms with Crippen molar-refractivity contribution in [1.29, 1.82) is 0 Å². The maximum Gasteiger partial charge on any atom is 0.249 e. The third-order valence-electron chi connectivity index (χ3n) is 4.91. The first-order valence-corrected chi connectivity index (χ1v) is 8.86. The molecule has 1 aromatic heterocycles. The molecule has 0 N–H and O–H groups in total. The third kappa shape index (κ3) is 3.12. The molecule has 0 aliphatic carbocycles. The van der Waals surface area contributed by atoms with Crippen molar-refractivity contribution in [2.24, 2.45) is 0 Å². The van der Waals surface area contributed by atoms with Crippen molar-refractivity contribution in [1.82, 2.24) is 15.0 Å². The molecule has 1 aliphatic rings. The van der Waals surface area contributed by atoms with Crippen molar-refractivity contribution >= 4 is 5.91 Å². The van der Waals surface area contributed by atoms with Crippen LogP contribution < -0.4 is 0 Å². The monoisotopic (exact) mass is 347 g/mol. The van der Waals surface area contributed by atoms with Gasteiger partial charge in [-0.1, -0.05) is 59.3 Å². The molecular formula is C21H21N3O2. The van der Waals surface area contributed by atoms with E-state index in [9.17, 15) is 4.79 Å². The Morgan fingerprint density at radius 3 is 2.65 bits per heavy atom. The van der Waals surface area contributed by atoms with Crippen LogP contribution in [0.5, 0.6) is 0 Å². The normalized spacial score (nSPS) is 17.1. The Balaban J connectivity index is 1.59. The van der Waals surface area contributed by atoms with E-state index >= 15 is 0 Å². The highest BCUT2D eigenvalue weighted by Crippen LogP contribution is 2.34. The van der Waals surface area contributed by atoms with Crippen LogP contribution in [-0.4, -0.2) is 20.9 Å². The molecule has 3 aromatic rings. The van der Waals surface area contributed by atoms with Gasteiger partial charge < -0.3 is 9.42 Å². The van der Waals surface area contributed by atoms with E-state index in [0.29, 0.717) is 31.1 Å². The molecule has 132 valence electrons. The molecule has 2 aromatic carbocycles. The molecule has 5 heteroatoms. The van der Waals surface area contributed by atoms with Gasteiger partial charge in [-0.3, -0.25) is 4.79 Å². The van der Waals surface area contributed by atoms with Crippen LogP contribution in [0.2, 0.25) is 0 Å². The van der Waals surface area contributed by atoms with E-state index in [1.54, 1.807) is 0 Å². The number of nitrogens with zero attached hydrogens (tertiary/aromatic N) is 3. The highest BCUT2D eigenvalue weighted by Gasteiger charge is 2.36. The van der Waals surface area contributed by atoms with E-state index < -0.39 is 0 Å². The van der Waals surface area contributed by atoms with E-state index in [1.165, 1.54) is 5.56 Å². The van der Waals surface area contributed by atoms with Crippen molar-refractivity contribution in [3.63, 3.8) is 0 Å². The molecule has 1 saturated heterocycles. The van der Waals surface area contributed by atoms with Gasteiger partial charge in [0.15, 0.2) is 0 Å². The largest absolute Gasteiger partial charge is 0.337 e. The Morgan fingerprint density at radius 2 is 1.88 bits per heavy atom. The smallest absolute Gasteiger partial charge is 0.249 e. The van der Waals surface area contributed by atoms with E-state index in [4.69, 9.17) is 4.52 Å². The van der Waals surface area contributed by atoms with Crippen LogP contribution in [0.1, 0.15) is 41.5 Å². The van der Waals surface area contributed by atoms with Gasteiger partial charge in [0, 0.05) is 18.5 Å². The van der Waals surface area contributed by atoms with Crippen molar-refractivity contribution in [3.8, 4) is 11.4 Å². The number of hydrogen-bond acceptors (Lipinski definition) is 4. The fraction of sp³-hybridized carbons (Fsp3) is 0.286. The van der Waals surface area contributed by atoms with Crippen LogP contribution in [0.15, 0.2) is 53.1 Å². The van der Waals surface area contributed by atoms with Gasteiger partial charge in [0.05, 0.1) is 0 Å². The summed E-state index contributed by atoms with van der Waals surface area (Å²) in [7, 11) is 0. The summed E-state index contributed by atoms with van der Waals surface area (Å²) in [6.45, 7) is 4.64. The molecule has 1 atom stereocenters. The van der Waals surface area contributed by atoms with Crippen molar-refractivity contribution in [2.45, 2.75) is 39.3 Å². The highest BCUT2D eigenvalue weighted by molar-refractivity contribution is 5.78. The van der Waals surface area contributed by atoms with Crippen LogP contribution in [0.25, 0.3) is 11.4 Å². The standard InChI is InChI=1S/C21H21N3O2/c1-14-7-9-16(10-8-14)13-24-18(11-12-19(24)25)21-22-20(23-26-21)17-6-4-3-5-15(17)2/h3-10,18H,11-13H2,1-2H3. The zero-order valence-electron chi connectivity index (χ0n) is 15.0. The first-order chi connectivity index (χ1) is 12.6. The zero-order chi connectivity index (χ0) is 18.1. The van der Waals surface area contributed by atoms with Gasteiger partial charge in [-0.25, -0.2) is 0 Å². The lowest BCUT2D eigenvalue weighted by molar-refractivity contribution is -0.129. The van der Waals surface area contributed by atoms with Crippen LogP contribution in [0.3, 0.4) is 0 Å². The SMILES string of the molecule is Cc1ccc(CN2C(=O)CCC2c2nc(-c3ccccc3C)no2)cc1. The van der Waals surface area contributed by atoms with Gasteiger partial charge in [-0.2, -0.15) is 4.98 Å². The van der Waals surface area contributed by atoms with Crippen LogP contribution in [0.4, 0.5) is 0 Å². The average Bonchev–Trinajstić information content (AvgIpc) is 3.25. The number of aryl methyl sites for hydroxylation is 2. The second-order valence-corrected chi connectivity index (χ2v) is 6.83. The van der Waals surface area contributed by atoms with Crippen LogP contribution in [0, 0.1) is 13.8 Å². The summed E-state index contributed by atoms with van der Waals surface area (Å²) in [5, 5.41) is 4.15. The minimum absolute atomic E-state index is 0.131. The Labute approximate surface area is 152 Å². The van der Waals surface area contributed by atoms with Crippen LogP contribution >= 0.6 is 0 Å². The van der Waals surface area contributed by atoms with Gasteiger partial charge in [0.2, 0.25) is 17.6 Å². The molecule has 2 heterocycles. The quantitative estimate of drug-likeness (QED) is 0.709. The second-order valence-electron chi connectivity index (χ2n) is 6.83. The number of rotatable bonds is 4. The Morgan fingerprint density at radius 1 is 1.12 bits per heavy atom. The lowest BCUT2D eigenvalue weighted by Gasteiger charge is -2.22. The summed E-state index contributed by atoms with van der Waals surface area (Å²) in [4.78, 5) is 18.8. The minimum Gasteiger partial charge on any atom is -0.337 e. The number of aromatic nitrogens is 2. The Bertz CT molecular complexity index is 930. The van der Waals surface area contributed by atoms with Gasteiger partial charge in [-0.05, 0) is 31.4 Å². The summed E-state index contributed by atoms with van der Waals surface area (Å²) >= 11 is 0. The maximum absolute atomic E-state index is 12.4. The molecule has 1 amide bonds. The second kappa shape index (κ2) is 6.75. The summed E-state index contributed by atoms with van der Waals surface area (Å²) < 4.78 is 5.54. The molecule has 1 fully saturated rings. The molecule has 0 saturated carbocycles. The summed E-state index contributed by atoms with van der Waals surface area (Å²) in [5.41, 5.74) is 4.36. The lowest BCUT2D eigenvalue weighted by Crippen LogP contribution is -2.27. The topological polar surface area (TPSA) is 59.2 Å². The van der Waals surface area contributed by atoms with Crippen LogP contribution in [-0.2, 0) is 11.3 Å². The van der Waals surface area contributed by atoms with Crippen molar-refractivity contribution in [3.05, 3.63) is 71.1 Å². The molecule has 26 heavy (non-hydrogen) atoms. The van der Waals surface area contributed by atoms with E-state index in [0.717, 1.165) is 16.7 Å². The maximum atomic E-state index is 12.4. The molecule has 1 unspecified atom stereocenters. The first-order valence-electron chi connectivity index (χ1n) is 8.86. The van der Waals surface area contributed by atoms with Gasteiger partial charge >= 0.3 is 0 Å². The van der Waals surface area contributed by atoms with Gasteiger partial charge in [0.1, 0.15) is 6.04 Å². The first kappa shape index (κ1) is 16.5. The molecule has 4 rings (SSSR count). The van der Waals surface area contributed by atoms with Crippen molar-refractivity contribution in [2.75, 3.05) is 0 Å². The molecule has 5 nitrogen and oxygen atoms in total. The number of likely N-dealkylation sites (tertiary alicyclic amines) is 1. The van der Waals surface area contributed by atoms with Gasteiger partial charge in [0.25, 0.3) is 0 Å². The summed E-state index contributed by atoms with van der Waals surface area (Å²) in [6, 6.07) is 16.0. The molecule has 0 spiro atoms. The van der Waals surface area contributed by atoms with E-state index in [-0.39, 0.29) is 11.9 Å². The Hall–Kier alpha value is -2.95. The number of benzene rings is 2. The summed E-state index contributed by atoms with van der Waals surface area (Å²) in [5.74, 6) is 1.22. The number of amides is 1. The minimum atomic E-state index is -0.158. The lowest BCUT2D eigenvalue weighted by atomic mass is 10.1. The zero-order valence-corrected chi connectivity index (χ0v) is 15.0. The highest BCUT2D eigenvalue weighted by atomic mass is 16.5. The van der Waals surface area contributed by atoms with Gasteiger partial charge in [-0.15, -0.1) is 0 Å². The molecular weight excluding hydrogens is 326 g/mol. The average molecular weight is 347 g/mol. The predicted octanol–water partition coefficient (Wildman–Crippen LogP) is 4.22. The third-order valence-corrected chi connectivity index (χ3v) is 4.91. The predicted molar refractivity (Wildman–Crippen MR) is 98.2 cm³/mol. The van der Waals surface area contributed by atoms with E-state index in [2.05, 4.69) is 41.3 Å². The molecule has 0 radical (unpaired) electrons. The molecule has 1 aliphatic heterocycles. The van der Waals surface area contributed by atoms with Crippen molar-refractivity contribution < 1.29 is 9.32 Å². The summed E-state index contributed by atoms with van der Waals surface area (Å²) in [6.07, 6.45) is 1.22. The fourth-order valence-electron chi connectivity index (χ4n) is 3.38. The fourth-order valence-corrected chi connectivity index (χ4v) is 3.38. The molecule has 0 bridgehead atoms. The van der Waals surface area contributed by atoms with E-state index in [1.807, 2.05) is 36.1 Å². The Kier molecular flexibility index (Phi) is 4.29. The number of carbonyl (C=O) groups is 1. The number of hydrogen-bond donors (Lipinski definition) is 0.